The zero-order valence-corrected chi connectivity index (χ0v) is 18.0. The van der Waals surface area contributed by atoms with E-state index >= 15 is 0 Å². The number of hydrogen-bond acceptors (Lipinski definition) is 7. The van der Waals surface area contributed by atoms with Crippen LogP contribution in [0.25, 0.3) is 0 Å². The van der Waals surface area contributed by atoms with E-state index in [2.05, 4.69) is 45.6 Å². The number of hydrogen-bond donors (Lipinski definition) is 2. The summed E-state index contributed by atoms with van der Waals surface area (Å²) in [4.78, 5) is 17.9. The highest BCUT2D eigenvalue weighted by Gasteiger charge is 2.23. The summed E-state index contributed by atoms with van der Waals surface area (Å²) in [5, 5.41) is 4.25. The molecular weight excluding hydrogens is 382 g/mol. The van der Waals surface area contributed by atoms with Gasteiger partial charge in [-0.3, -0.25) is 0 Å². The molecule has 0 amide bonds. The van der Waals surface area contributed by atoms with E-state index in [1.54, 1.807) is 11.8 Å². The fourth-order valence-corrected chi connectivity index (χ4v) is 4.76. The molecular formula is C21H27N7S. The number of anilines is 3. The van der Waals surface area contributed by atoms with Gasteiger partial charge in [-0.25, -0.2) is 4.98 Å². The topological polar surface area (TPSA) is 94.5 Å². The summed E-state index contributed by atoms with van der Waals surface area (Å²) >= 11 is 1.66. The van der Waals surface area contributed by atoms with Crippen LogP contribution in [0.4, 0.5) is 17.6 Å². The van der Waals surface area contributed by atoms with Crippen molar-refractivity contribution >= 4 is 29.3 Å². The van der Waals surface area contributed by atoms with Gasteiger partial charge in [-0.2, -0.15) is 15.0 Å². The molecule has 3 N–H and O–H groups in total. The molecule has 0 aliphatic heterocycles. The third kappa shape index (κ3) is 4.53. The molecule has 0 saturated heterocycles. The normalized spacial score (nSPS) is 14.4. The maximum Gasteiger partial charge on any atom is 0.232 e. The highest BCUT2D eigenvalue weighted by molar-refractivity contribution is 7.98. The maximum absolute atomic E-state index is 5.93. The molecule has 3 aromatic rings. The van der Waals surface area contributed by atoms with Crippen LogP contribution in [0.5, 0.6) is 0 Å². The monoisotopic (exact) mass is 409 g/mol. The van der Waals surface area contributed by atoms with Crippen LogP contribution in [0, 0.1) is 20.8 Å². The van der Waals surface area contributed by atoms with Gasteiger partial charge >= 0.3 is 0 Å². The van der Waals surface area contributed by atoms with Gasteiger partial charge in [-0.1, -0.05) is 42.3 Å². The average molecular weight is 410 g/mol. The Bertz CT molecular complexity index is 991. The largest absolute Gasteiger partial charge is 0.368 e. The van der Waals surface area contributed by atoms with Gasteiger partial charge < -0.3 is 15.6 Å². The number of nitrogens with one attached hydrogen (secondary N) is 1. The lowest BCUT2D eigenvalue weighted by Gasteiger charge is -2.16. The van der Waals surface area contributed by atoms with Crippen molar-refractivity contribution in [2.75, 3.05) is 11.1 Å². The second-order valence-corrected chi connectivity index (χ2v) is 8.53. The minimum absolute atomic E-state index is 0.219. The zero-order valence-electron chi connectivity index (χ0n) is 17.1. The number of aromatic nitrogens is 5. The Morgan fingerprint density at radius 2 is 1.76 bits per heavy atom. The predicted octanol–water partition coefficient (Wildman–Crippen LogP) is 4.73. The first-order valence-corrected chi connectivity index (χ1v) is 11.0. The minimum atomic E-state index is 0.219. The lowest BCUT2D eigenvalue weighted by atomic mass is 10.2. The molecule has 2 aromatic heterocycles. The Hall–Kier alpha value is -2.61. The van der Waals surface area contributed by atoms with Crippen LogP contribution in [0.15, 0.2) is 29.4 Å². The summed E-state index contributed by atoms with van der Waals surface area (Å²) in [5.74, 6) is 1.92. The van der Waals surface area contributed by atoms with Gasteiger partial charge in [0.05, 0.1) is 11.4 Å². The van der Waals surface area contributed by atoms with Crippen LogP contribution in [-0.2, 0) is 5.75 Å². The molecule has 0 bridgehead atoms. The molecule has 8 heteroatoms. The van der Waals surface area contributed by atoms with Crippen molar-refractivity contribution in [3.63, 3.8) is 0 Å². The summed E-state index contributed by atoms with van der Waals surface area (Å²) < 4.78 is 2.41. The smallest absolute Gasteiger partial charge is 0.232 e. The highest BCUT2D eigenvalue weighted by Crippen LogP contribution is 2.36. The van der Waals surface area contributed by atoms with Crippen molar-refractivity contribution in [2.24, 2.45) is 0 Å². The van der Waals surface area contributed by atoms with E-state index in [-0.39, 0.29) is 5.95 Å². The summed E-state index contributed by atoms with van der Waals surface area (Å²) in [7, 11) is 0. The Kier molecular flexibility index (Phi) is 5.71. The van der Waals surface area contributed by atoms with Crippen molar-refractivity contribution in [1.82, 2.24) is 24.5 Å². The quantitative estimate of drug-likeness (QED) is 0.568. The number of nitrogen functional groups attached to an aromatic ring is 1. The molecule has 0 unspecified atom stereocenters. The van der Waals surface area contributed by atoms with Gasteiger partial charge in [0.25, 0.3) is 0 Å². The molecule has 1 aromatic carbocycles. The number of thioether (sulfide) groups is 1. The molecule has 2 heterocycles. The van der Waals surface area contributed by atoms with E-state index in [1.807, 2.05) is 24.3 Å². The predicted molar refractivity (Wildman–Crippen MR) is 117 cm³/mol. The number of benzene rings is 1. The molecule has 152 valence electrons. The van der Waals surface area contributed by atoms with E-state index in [1.165, 1.54) is 36.9 Å². The number of imidazole rings is 1. The molecule has 0 spiro atoms. The third-order valence-electron chi connectivity index (χ3n) is 5.38. The van der Waals surface area contributed by atoms with Gasteiger partial charge in [-0.15, -0.1) is 0 Å². The van der Waals surface area contributed by atoms with Crippen LogP contribution < -0.4 is 11.1 Å². The Balaban J connectivity index is 1.51. The minimum Gasteiger partial charge on any atom is -0.368 e. The van der Waals surface area contributed by atoms with Crippen molar-refractivity contribution in [3.05, 3.63) is 47.0 Å². The first kappa shape index (κ1) is 19.7. The first-order valence-electron chi connectivity index (χ1n) is 10.0. The molecule has 4 rings (SSSR count). The summed E-state index contributed by atoms with van der Waals surface area (Å²) in [6.07, 6.45) is 5.05. The third-order valence-corrected chi connectivity index (χ3v) is 6.33. The fourth-order valence-electron chi connectivity index (χ4n) is 3.74. The van der Waals surface area contributed by atoms with Crippen molar-refractivity contribution in [1.29, 1.82) is 0 Å². The lowest BCUT2D eigenvalue weighted by molar-refractivity contribution is 0.471. The highest BCUT2D eigenvalue weighted by atomic mass is 32.2. The molecule has 1 fully saturated rings. The van der Waals surface area contributed by atoms with E-state index < -0.39 is 0 Å². The van der Waals surface area contributed by atoms with Crippen molar-refractivity contribution < 1.29 is 0 Å². The zero-order chi connectivity index (χ0) is 20.4. The SMILES string of the molecule is Cc1ccc(Nc2nc(N)nc(CSc3nc(C)c(C)n3C3CCCC3)n2)cc1. The second kappa shape index (κ2) is 8.41. The first-order chi connectivity index (χ1) is 14.0. The van der Waals surface area contributed by atoms with Gasteiger partial charge in [0.2, 0.25) is 11.9 Å². The van der Waals surface area contributed by atoms with E-state index in [0.29, 0.717) is 23.6 Å². The van der Waals surface area contributed by atoms with Gasteiger partial charge in [-0.05, 0) is 45.7 Å². The second-order valence-electron chi connectivity index (χ2n) is 7.59. The molecule has 1 aliphatic rings. The maximum atomic E-state index is 5.93. The standard InChI is InChI=1S/C21H27N7S/c1-13-8-10-16(11-9-13)24-20-26-18(25-19(22)27-20)12-29-21-23-14(2)15(3)28(21)17-6-4-5-7-17/h8-11,17H,4-7,12H2,1-3H3,(H3,22,24,25,26,27). The van der Waals surface area contributed by atoms with Crippen LogP contribution >= 0.6 is 11.8 Å². The van der Waals surface area contributed by atoms with Crippen molar-refractivity contribution in [2.45, 2.75) is 63.4 Å². The molecule has 0 radical (unpaired) electrons. The van der Waals surface area contributed by atoms with Crippen LogP contribution in [0.3, 0.4) is 0 Å². The number of aryl methyl sites for hydroxylation is 2. The lowest BCUT2D eigenvalue weighted by Crippen LogP contribution is -2.09. The van der Waals surface area contributed by atoms with E-state index in [9.17, 15) is 0 Å². The fraction of sp³-hybridized carbons (Fsp3) is 0.429. The summed E-state index contributed by atoms with van der Waals surface area (Å²) in [6.45, 7) is 6.30. The van der Waals surface area contributed by atoms with Gasteiger partial charge in [0.1, 0.15) is 5.82 Å². The van der Waals surface area contributed by atoms with Gasteiger partial charge in [0.15, 0.2) is 5.16 Å². The van der Waals surface area contributed by atoms with Crippen LogP contribution in [0.2, 0.25) is 0 Å². The molecule has 0 atom stereocenters. The van der Waals surface area contributed by atoms with Crippen molar-refractivity contribution in [3.8, 4) is 0 Å². The number of nitrogens with zero attached hydrogens (tertiary/aromatic N) is 5. The molecule has 29 heavy (non-hydrogen) atoms. The summed E-state index contributed by atoms with van der Waals surface area (Å²) in [6, 6.07) is 8.62. The number of rotatable bonds is 6. The van der Waals surface area contributed by atoms with Crippen LogP contribution in [-0.4, -0.2) is 24.5 Å². The van der Waals surface area contributed by atoms with E-state index in [4.69, 9.17) is 10.7 Å². The van der Waals surface area contributed by atoms with E-state index in [0.717, 1.165) is 16.5 Å². The Morgan fingerprint density at radius 1 is 1.03 bits per heavy atom. The van der Waals surface area contributed by atoms with Crippen LogP contribution in [0.1, 0.15) is 54.5 Å². The summed E-state index contributed by atoms with van der Waals surface area (Å²) in [5.41, 5.74) is 10.4. The number of nitrogens with two attached hydrogens (primary N) is 1. The molecule has 7 nitrogen and oxygen atoms in total. The molecule has 1 saturated carbocycles. The Labute approximate surface area is 175 Å². The Morgan fingerprint density at radius 3 is 2.48 bits per heavy atom. The average Bonchev–Trinajstić information content (AvgIpc) is 3.30. The molecule has 1 aliphatic carbocycles. The van der Waals surface area contributed by atoms with Gasteiger partial charge in [0, 0.05) is 17.4 Å².